The lowest BCUT2D eigenvalue weighted by Gasteiger charge is -2.21. The zero-order chi connectivity index (χ0) is 29.9. The number of carbonyl (C=O) groups is 2. The average Bonchev–Trinajstić information content (AvgIpc) is 2.99. The molecule has 0 aliphatic carbocycles. The van der Waals surface area contributed by atoms with Crippen LogP contribution in [0, 0.1) is 0 Å². The molecule has 10 heteroatoms. The maximum atomic E-state index is 13.1. The number of hydrogen-bond donors (Lipinski definition) is 2. The fourth-order valence-corrected chi connectivity index (χ4v) is 4.53. The molecule has 0 saturated carbocycles. The summed E-state index contributed by atoms with van der Waals surface area (Å²) < 4.78 is 12.6. The topological polar surface area (TPSA) is 89.0 Å². The summed E-state index contributed by atoms with van der Waals surface area (Å²) in [4.78, 5) is 26.1. The number of amides is 2. The minimum Gasteiger partial charge on any atom is -0.489 e. The molecule has 0 aliphatic rings. The van der Waals surface area contributed by atoms with E-state index in [2.05, 4.69) is 31.8 Å². The molecule has 0 saturated heterocycles. The fourth-order valence-electron chi connectivity index (χ4n) is 3.81. The van der Waals surface area contributed by atoms with Crippen LogP contribution in [0.4, 0.5) is 0 Å². The first-order valence-electron chi connectivity index (χ1n) is 13.0. The van der Waals surface area contributed by atoms with E-state index in [9.17, 15) is 9.59 Å². The molecule has 7 nitrogen and oxygen atoms in total. The minimum absolute atomic E-state index is 0.257. The number of ether oxygens (including phenoxy) is 2. The van der Waals surface area contributed by atoms with Crippen molar-refractivity contribution in [1.82, 2.24) is 10.7 Å². The van der Waals surface area contributed by atoms with Crippen LogP contribution in [0.2, 0.25) is 10.0 Å². The molecule has 4 rings (SSSR count). The number of carbonyl (C=O) groups excluding carboxylic acids is 2. The molecule has 42 heavy (non-hydrogen) atoms. The molecule has 0 heterocycles. The Hall–Kier alpha value is -3.85. The van der Waals surface area contributed by atoms with Crippen molar-refractivity contribution in [3.63, 3.8) is 0 Å². The second-order valence-electron chi connectivity index (χ2n) is 9.30. The first-order valence-corrected chi connectivity index (χ1v) is 14.6. The van der Waals surface area contributed by atoms with Gasteiger partial charge in [-0.2, -0.15) is 5.10 Å². The number of rotatable bonds is 12. The number of halogens is 3. The maximum Gasteiger partial charge on any atom is 0.262 e. The van der Waals surface area contributed by atoms with Crippen LogP contribution in [-0.2, 0) is 22.6 Å². The second kappa shape index (κ2) is 15.4. The Kier molecular flexibility index (Phi) is 11.4. The summed E-state index contributed by atoms with van der Waals surface area (Å²) in [6, 6.07) is 28.4. The third-order valence-electron chi connectivity index (χ3n) is 6.07. The van der Waals surface area contributed by atoms with E-state index in [1.54, 1.807) is 19.1 Å². The summed E-state index contributed by atoms with van der Waals surface area (Å²) in [7, 11) is 0. The van der Waals surface area contributed by atoms with Crippen molar-refractivity contribution < 1.29 is 19.1 Å². The predicted molar refractivity (Wildman–Crippen MR) is 169 cm³/mol. The van der Waals surface area contributed by atoms with Gasteiger partial charge in [0, 0.05) is 15.9 Å². The Labute approximate surface area is 263 Å². The van der Waals surface area contributed by atoms with Crippen molar-refractivity contribution in [2.75, 3.05) is 0 Å². The third-order valence-corrected chi connectivity index (χ3v) is 7.13. The quantitative estimate of drug-likeness (QED) is 0.126. The molecule has 0 aliphatic heterocycles. The molecule has 0 spiro atoms. The van der Waals surface area contributed by atoms with Gasteiger partial charge in [0.2, 0.25) is 0 Å². The summed E-state index contributed by atoms with van der Waals surface area (Å²) in [6.07, 6.45) is 0.849. The van der Waals surface area contributed by atoms with E-state index >= 15 is 0 Å². The van der Waals surface area contributed by atoms with E-state index in [4.69, 9.17) is 32.7 Å². The zero-order valence-corrected chi connectivity index (χ0v) is 25.7. The zero-order valence-electron chi connectivity index (χ0n) is 22.6. The highest BCUT2D eigenvalue weighted by atomic mass is 79.9. The van der Waals surface area contributed by atoms with Crippen molar-refractivity contribution in [2.24, 2.45) is 5.10 Å². The van der Waals surface area contributed by atoms with Crippen LogP contribution in [0.3, 0.4) is 0 Å². The average molecular weight is 669 g/mol. The molecule has 4 aromatic rings. The van der Waals surface area contributed by atoms with Gasteiger partial charge in [-0.15, -0.1) is 0 Å². The Morgan fingerprint density at radius 2 is 1.62 bits per heavy atom. The molecule has 0 bridgehead atoms. The largest absolute Gasteiger partial charge is 0.489 e. The monoisotopic (exact) mass is 667 g/mol. The standard InChI is InChI=1S/C32H28BrCl2N3O4/c1-21(42-30-16-13-26(34)18-28(30)35)31(39)37-29(17-22-5-3-2-4-6-22)32(40)38-36-19-23-9-14-27(15-10-23)41-20-24-7-11-25(33)12-8-24/h2-16,18-19,21,29H,17,20H2,1H3,(H,37,39)(H,38,40)/b36-19-/t21-,29-/m0/s1. The van der Waals surface area contributed by atoms with Crippen LogP contribution in [-0.4, -0.2) is 30.2 Å². The van der Waals surface area contributed by atoms with Gasteiger partial charge in [0.05, 0.1) is 11.2 Å². The van der Waals surface area contributed by atoms with Gasteiger partial charge in [0.25, 0.3) is 11.8 Å². The van der Waals surface area contributed by atoms with Gasteiger partial charge in [0.1, 0.15) is 24.1 Å². The summed E-state index contributed by atoms with van der Waals surface area (Å²) >= 11 is 15.5. The van der Waals surface area contributed by atoms with Gasteiger partial charge < -0.3 is 14.8 Å². The van der Waals surface area contributed by atoms with Crippen molar-refractivity contribution in [3.05, 3.63) is 128 Å². The van der Waals surface area contributed by atoms with E-state index < -0.39 is 24.0 Å². The normalized spacial score (nSPS) is 12.4. The van der Waals surface area contributed by atoms with Crippen molar-refractivity contribution in [1.29, 1.82) is 0 Å². The van der Waals surface area contributed by atoms with Crippen LogP contribution in [0.1, 0.15) is 23.6 Å². The smallest absolute Gasteiger partial charge is 0.262 e. The Bertz CT molecular complexity index is 1520. The molecule has 216 valence electrons. The summed E-state index contributed by atoms with van der Waals surface area (Å²) in [5.41, 5.74) is 5.22. The SMILES string of the molecule is C[C@H](Oc1ccc(Cl)cc1Cl)C(=O)N[C@@H](Cc1ccccc1)C(=O)N/N=C\c1ccc(OCc2ccc(Br)cc2)cc1. The van der Waals surface area contributed by atoms with Crippen LogP contribution in [0.5, 0.6) is 11.5 Å². The number of nitrogens with one attached hydrogen (secondary N) is 2. The van der Waals surface area contributed by atoms with Gasteiger partial charge in [-0.3, -0.25) is 9.59 Å². The molecule has 0 unspecified atom stereocenters. The van der Waals surface area contributed by atoms with E-state index in [0.717, 1.165) is 21.2 Å². The summed E-state index contributed by atoms with van der Waals surface area (Å²) in [5, 5.41) is 7.58. The van der Waals surface area contributed by atoms with E-state index in [1.807, 2.05) is 78.9 Å². The van der Waals surface area contributed by atoms with Gasteiger partial charge in [-0.05, 0) is 78.2 Å². The first kappa shape index (κ1) is 31.1. The highest BCUT2D eigenvalue weighted by Crippen LogP contribution is 2.28. The summed E-state index contributed by atoms with van der Waals surface area (Å²) in [5.74, 6) is 0.0533. The first-order chi connectivity index (χ1) is 20.3. The number of hydrogen-bond acceptors (Lipinski definition) is 5. The van der Waals surface area contributed by atoms with Gasteiger partial charge in [-0.1, -0.05) is 81.6 Å². The van der Waals surface area contributed by atoms with Crippen LogP contribution >= 0.6 is 39.1 Å². The Morgan fingerprint density at radius 1 is 0.905 bits per heavy atom. The minimum atomic E-state index is -0.928. The lowest BCUT2D eigenvalue weighted by Crippen LogP contribution is -2.50. The molecular weight excluding hydrogens is 641 g/mol. The van der Waals surface area contributed by atoms with Crippen molar-refractivity contribution >= 4 is 57.2 Å². The lowest BCUT2D eigenvalue weighted by molar-refractivity contribution is -0.132. The molecule has 2 atom stereocenters. The molecule has 0 aromatic heterocycles. The molecule has 0 radical (unpaired) electrons. The maximum absolute atomic E-state index is 13.1. The fraction of sp³-hybridized carbons (Fsp3) is 0.156. The van der Waals surface area contributed by atoms with E-state index in [1.165, 1.54) is 12.3 Å². The van der Waals surface area contributed by atoms with E-state index in [0.29, 0.717) is 23.1 Å². The predicted octanol–water partition coefficient (Wildman–Crippen LogP) is 6.98. The molecule has 0 fully saturated rings. The van der Waals surface area contributed by atoms with Crippen LogP contribution < -0.4 is 20.2 Å². The highest BCUT2D eigenvalue weighted by molar-refractivity contribution is 9.10. The lowest BCUT2D eigenvalue weighted by atomic mass is 10.1. The molecule has 2 N–H and O–H groups in total. The number of benzene rings is 4. The van der Waals surface area contributed by atoms with Gasteiger partial charge in [-0.25, -0.2) is 5.43 Å². The van der Waals surface area contributed by atoms with Gasteiger partial charge in [0.15, 0.2) is 6.10 Å². The van der Waals surface area contributed by atoms with Crippen LogP contribution in [0.25, 0.3) is 0 Å². The summed E-state index contributed by atoms with van der Waals surface area (Å²) in [6.45, 7) is 2.02. The van der Waals surface area contributed by atoms with E-state index in [-0.39, 0.29) is 11.4 Å². The Morgan fingerprint density at radius 3 is 2.31 bits per heavy atom. The van der Waals surface area contributed by atoms with Crippen LogP contribution in [0.15, 0.2) is 107 Å². The molecular formula is C32H28BrCl2N3O4. The number of nitrogens with zero attached hydrogens (tertiary/aromatic N) is 1. The van der Waals surface area contributed by atoms with Crippen molar-refractivity contribution in [3.8, 4) is 11.5 Å². The highest BCUT2D eigenvalue weighted by Gasteiger charge is 2.25. The third kappa shape index (κ3) is 9.62. The van der Waals surface area contributed by atoms with Crippen molar-refractivity contribution in [2.45, 2.75) is 32.1 Å². The second-order valence-corrected chi connectivity index (χ2v) is 11.1. The number of hydrazone groups is 1. The molecule has 2 amide bonds. The van der Waals surface area contributed by atoms with Gasteiger partial charge >= 0.3 is 0 Å². The molecule has 4 aromatic carbocycles. The Balaban J connectivity index is 1.35.